The molecule has 1 aliphatic rings. The highest BCUT2D eigenvalue weighted by Gasteiger charge is 2.37. The zero-order valence-electron chi connectivity index (χ0n) is 15.9. The number of benzene rings is 2. The van der Waals surface area contributed by atoms with E-state index < -0.39 is 40.8 Å². The van der Waals surface area contributed by atoms with Gasteiger partial charge in [0.1, 0.15) is 0 Å². The smallest absolute Gasteiger partial charge is 0.352 e. The molecule has 0 amide bonds. The molecule has 0 atom stereocenters. The maximum absolute atomic E-state index is 13.1. The van der Waals surface area contributed by atoms with Gasteiger partial charge in [0, 0.05) is 17.7 Å². The van der Waals surface area contributed by atoms with Crippen molar-refractivity contribution in [3.8, 4) is 0 Å². The Hall–Kier alpha value is -3.10. The fraction of sp³-hybridized carbons (Fsp3) is 0.273. The van der Waals surface area contributed by atoms with E-state index in [1.54, 1.807) is 6.07 Å². The number of fused-ring (bicyclic) bond motifs is 1. The Morgan fingerprint density at radius 1 is 0.774 bits per heavy atom. The predicted molar refractivity (Wildman–Crippen MR) is 102 cm³/mol. The number of rotatable bonds is 4. The third-order valence-electron chi connectivity index (χ3n) is 5.41. The van der Waals surface area contributed by atoms with Gasteiger partial charge in [0.15, 0.2) is 0 Å². The van der Waals surface area contributed by atoms with E-state index in [4.69, 9.17) is 0 Å². The molecule has 3 aromatic rings. The van der Waals surface area contributed by atoms with Crippen molar-refractivity contribution in [2.24, 2.45) is 0 Å². The summed E-state index contributed by atoms with van der Waals surface area (Å²) in [6, 6.07) is 6.58. The van der Waals surface area contributed by atoms with Crippen molar-refractivity contribution in [3.05, 3.63) is 90.2 Å². The van der Waals surface area contributed by atoms with Crippen molar-refractivity contribution in [1.29, 1.82) is 0 Å². The van der Waals surface area contributed by atoms with E-state index >= 15 is 0 Å². The molecule has 0 saturated carbocycles. The molecule has 3 aromatic carbocycles. The molecule has 3 nitrogen and oxygen atoms in total. The summed E-state index contributed by atoms with van der Waals surface area (Å²) in [4.78, 5) is 24.0. The molecular weight excluding hydrogens is 424 g/mol. The van der Waals surface area contributed by atoms with Crippen molar-refractivity contribution in [3.63, 3.8) is 0 Å². The highest BCUT2D eigenvalue weighted by Crippen LogP contribution is 2.37. The first-order chi connectivity index (χ1) is 14.4. The largest absolute Gasteiger partial charge is 0.416 e. The SMILES string of the molecule is O=c1c(Cc2cc(C(F)(F)F)cc(C(F)(F)F)c2)c(Nc2ccc3c(c2)CCC3)c1=O. The Kier molecular flexibility index (Phi) is 4.94. The molecule has 0 radical (unpaired) electrons. The van der Waals surface area contributed by atoms with Crippen LogP contribution in [-0.2, 0) is 31.6 Å². The van der Waals surface area contributed by atoms with Gasteiger partial charge in [-0.05, 0) is 66.3 Å². The van der Waals surface area contributed by atoms with Gasteiger partial charge in [-0.1, -0.05) is 6.07 Å². The van der Waals surface area contributed by atoms with E-state index in [0.717, 1.165) is 24.8 Å². The summed E-state index contributed by atoms with van der Waals surface area (Å²) < 4.78 is 78.4. The molecule has 0 saturated heterocycles. The van der Waals surface area contributed by atoms with Crippen LogP contribution >= 0.6 is 0 Å². The van der Waals surface area contributed by atoms with Crippen molar-refractivity contribution in [2.75, 3.05) is 5.32 Å². The third kappa shape index (κ3) is 4.08. The molecule has 0 aromatic heterocycles. The number of aryl methyl sites for hydroxylation is 2. The molecule has 0 spiro atoms. The molecule has 0 aliphatic heterocycles. The van der Waals surface area contributed by atoms with Crippen LogP contribution in [0.4, 0.5) is 37.7 Å². The first-order valence-corrected chi connectivity index (χ1v) is 9.43. The summed E-state index contributed by atoms with van der Waals surface area (Å²) in [5.41, 5.74) is -2.49. The Bertz CT molecular complexity index is 1200. The maximum atomic E-state index is 13.1. The first-order valence-electron chi connectivity index (χ1n) is 9.43. The number of nitrogens with one attached hydrogen (secondary N) is 1. The monoisotopic (exact) mass is 439 g/mol. The Balaban J connectivity index is 1.67. The van der Waals surface area contributed by atoms with E-state index in [9.17, 15) is 35.9 Å². The second-order valence-corrected chi connectivity index (χ2v) is 7.56. The van der Waals surface area contributed by atoms with Crippen LogP contribution in [0.3, 0.4) is 0 Å². The quantitative estimate of drug-likeness (QED) is 0.452. The minimum absolute atomic E-state index is 0.0231. The summed E-state index contributed by atoms with van der Waals surface area (Å²) in [6.45, 7) is 0. The van der Waals surface area contributed by atoms with Crippen molar-refractivity contribution >= 4 is 11.4 Å². The number of alkyl halides is 6. The molecule has 0 fully saturated rings. The van der Waals surface area contributed by atoms with Gasteiger partial charge in [-0.3, -0.25) is 9.59 Å². The van der Waals surface area contributed by atoms with Crippen LogP contribution in [0.2, 0.25) is 0 Å². The lowest BCUT2D eigenvalue weighted by molar-refractivity contribution is -0.143. The zero-order valence-corrected chi connectivity index (χ0v) is 15.9. The number of anilines is 2. The predicted octanol–water partition coefficient (Wildman–Crippen LogP) is 5.14. The minimum Gasteiger partial charge on any atom is -0.352 e. The van der Waals surface area contributed by atoms with Gasteiger partial charge in [0.25, 0.3) is 0 Å². The summed E-state index contributed by atoms with van der Waals surface area (Å²) in [5, 5.41) is 2.81. The Morgan fingerprint density at radius 3 is 2.00 bits per heavy atom. The van der Waals surface area contributed by atoms with Gasteiger partial charge >= 0.3 is 12.4 Å². The summed E-state index contributed by atoms with van der Waals surface area (Å²) in [5.74, 6) is 0. The van der Waals surface area contributed by atoms with E-state index in [1.807, 2.05) is 12.1 Å². The number of hydrogen-bond donors (Lipinski definition) is 1. The summed E-state index contributed by atoms with van der Waals surface area (Å²) in [7, 11) is 0. The van der Waals surface area contributed by atoms with Gasteiger partial charge in [0.2, 0.25) is 10.9 Å². The number of halogens is 6. The highest BCUT2D eigenvalue weighted by atomic mass is 19.4. The standard InChI is InChI=1S/C22H15F6NO2/c23-21(24,25)14-6-11(7-15(10-14)22(26,27)28)8-17-18(20(31)19(17)30)29-16-5-4-12-2-1-3-13(12)9-16/h4-7,9-10,29H,1-3,8H2. The van der Waals surface area contributed by atoms with Gasteiger partial charge in [0.05, 0.1) is 16.8 Å². The van der Waals surface area contributed by atoms with Gasteiger partial charge in [-0.15, -0.1) is 0 Å². The molecule has 31 heavy (non-hydrogen) atoms. The lowest BCUT2D eigenvalue weighted by Gasteiger charge is -2.17. The third-order valence-corrected chi connectivity index (χ3v) is 5.41. The van der Waals surface area contributed by atoms with Crippen molar-refractivity contribution in [2.45, 2.75) is 38.0 Å². The molecule has 1 aliphatic carbocycles. The van der Waals surface area contributed by atoms with Crippen LogP contribution < -0.4 is 16.2 Å². The first kappa shape index (κ1) is 21.1. The molecule has 162 valence electrons. The van der Waals surface area contributed by atoms with Gasteiger partial charge in [-0.2, -0.15) is 26.3 Å². The van der Waals surface area contributed by atoms with E-state index in [-0.39, 0.29) is 22.9 Å². The lowest BCUT2D eigenvalue weighted by Crippen LogP contribution is -2.38. The fourth-order valence-corrected chi connectivity index (χ4v) is 3.86. The van der Waals surface area contributed by atoms with Crippen LogP contribution in [-0.4, -0.2) is 0 Å². The van der Waals surface area contributed by atoms with Crippen LogP contribution in [0.15, 0.2) is 46.0 Å². The van der Waals surface area contributed by atoms with Crippen LogP contribution in [0.25, 0.3) is 0 Å². The molecule has 1 N–H and O–H groups in total. The second kappa shape index (κ2) is 7.25. The average Bonchev–Trinajstić information content (AvgIpc) is 3.16. The fourth-order valence-electron chi connectivity index (χ4n) is 3.86. The van der Waals surface area contributed by atoms with E-state index in [1.165, 1.54) is 5.56 Å². The topological polar surface area (TPSA) is 46.2 Å². The average molecular weight is 439 g/mol. The lowest BCUT2D eigenvalue weighted by atomic mass is 9.95. The van der Waals surface area contributed by atoms with Crippen LogP contribution in [0.5, 0.6) is 0 Å². The molecular formula is C22H15F6NO2. The summed E-state index contributed by atoms with van der Waals surface area (Å²) in [6.07, 6.45) is -7.69. The molecule has 0 bridgehead atoms. The van der Waals surface area contributed by atoms with Crippen LogP contribution in [0.1, 0.15) is 39.8 Å². The van der Waals surface area contributed by atoms with Gasteiger partial charge < -0.3 is 5.32 Å². The normalized spacial score (nSPS) is 14.1. The minimum atomic E-state index is -4.99. The Labute approximate surface area is 172 Å². The van der Waals surface area contributed by atoms with Gasteiger partial charge in [-0.25, -0.2) is 0 Å². The number of hydrogen-bond acceptors (Lipinski definition) is 3. The molecule has 0 unspecified atom stereocenters. The Morgan fingerprint density at radius 2 is 1.39 bits per heavy atom. The van der Waals surface area contributed by atoms with Crippen LogP contribution in [0, 0.1) is 0 Å². The molecule has 0 heterocycles. The van der Waals surface area contributed by atoms with Crippen molar-refractivity contribution < 1.29 is 26.3 Å². The molecule has 9 heteroatoms. The second-order valence-electron chi connectivity index (χ2n) is 7.56. The van der Waals surface area contributed by atoms with E-state index in [2.05, 4.69) is 5.32 Å². The summed E-state index contributed by atoms with van der Waals surface area (Å²) >= 11 is 0. The maximum Gasteiger partial charge on any atom is 0.416 e. The van der Waals surface area contributed by atoms with E-state index in [0.29, 0.717) is 17.8 Å². The highest BCUT2D eigenvalue weighted by molar-refractivity contribution is 5.68. The molecule has 4 rings (SSSR count). The van der Waals surface area contributed by atoms with Crippen molar-refractivity contribution in [1.82, 2.24) is 0 Å². The zero-order chi connectivity index (χ0) is 22.6.